The largest absolute Gasteiger partial charge is 0.397 e. The van der Waals surface area contributed by atoms with Crippen molar-refractivity contribution < 1.29 is 9.53 Å². The van der Waals surface area contributed by atoms with E-state index in [0.717, 1.165) is 5.56 Å². The van der Waals surface area contributed by atoms with Gasteiger partial charge in [0.05, 0.1) is 12.3 Å². The van der Waals surface area contributed by atoms with Crippen LogP contribution in [0, 0.1) is 0 Å². The van der Waals surface area contributed by atoms with Gasteiger partial charge in [-0.1, -0.05) is 18.2 Å². The first kappa shape index (κ1) is 13.0. The Kier molecular flexibility index (Phi) is 4.10. The van der Waals surface area contributed by atoms with E-state index in [1.165, 1.54) is 6.20 Å². The number of aromatic nitrogens is 1. The maximum Gasteiger partial charge on any atom is 0.276 e. The molecular weight excluding hydrogens is 242 g/mol. The number of amides is 1. The van der Waals surface area contributed by atoms with E-state index < -0.39 is 0 Å². The number of benzene rings is 1. The molecule has 19 heavy (non-hydrogen) atoms. The molecule has 0 aliphatic carbocycles. The lowest BCUT2D eigenvalue weighted by atomic mass is 10.2. The van der Waals surface area contributed by atoms with Crippen LogP contribution in [0.3, 0.4) is 0 Å². The van der Waals surface area contributed by atoms with Crippen molar-refractivity contribution in [3.8, 4) is 0 Å². The fourth-order valence-corrected chi connectivity index (χ4v) is 1.71. The predicted octanol–water partition coefficient (Wildman–Crippen LogP) is 2.06. The van der Waals surface area contributed by atoms with Crippen molar-refractivity contribution in [2.24, 2.45) is 0 Å². The fourth-order valence-electron chi connectivity index (χ4n) is 1.71. The van der Waals surface area contributed by atoms with Gasteiger partial charge in [0.2, 0.25) is 0 Å². The number of pyridine rings is 1. The first-order chi connectivity index (χ1) is 9.22. The zero-order chi connectivity index (χ0) is 13.7. The Balaban J connectivity index is 2.22. The van der Waals surface area contributed by atoms with Crippen LogP contribution in [0.1, 0.15) is 16.1 Å². The Hall–Kier alpha value is -2.40. The standard InChI is InChI=1S/C14H15N3O2/c1-19-9-10-5-2-3-7-12(10)17-14(18)13-11(15)6-4-8-16-13/h2-8H,9,15H2,1H3,(H,17,18). The Morgan fingerprint density at radius 2 is 2.11 bits per heavy atom. The normalized spacial score (nSPS) is 10.2. The summed E-state index contributed by atoms with van der Waals surface area (Å²) in [7, 11) is 1.61. The molecule has 1 aromatic heterocycles. The number of nitrogens with one attached hydrogen (secondary N) is 1. The Morgan fingerprint density at radius 1 is 1.32 bits per heavy atom. The topological polar surface area (TPSA) is 77.2 Å². The van der Waals surface area contributed by atoms with Gasteiger partial charge in [-0.25, -0.2) is 4.98 Å². The van der Waals surface area contributed by atoms with Gasteiger partial charge in [0.25, 0.3) is 5.91 Å². The summed E-state index contributed by atoms with van der Waals surface area (Å²) in [5.74, 6) is -0.332. The first-order valence-corrected chi connectivity index (χ1v) is 5.81. The molecule has 1 aromatic carbocycles. The van der Waals surface area contributed by atoms with Gasteiger partial charge >= 0.3 is 0 Å². The lowest BCUT2D eigenvalue weighted by molar-refractivity contribution is 0.102. The molecular formula is C14H15N3O2. The summed E-state index contributed by atoms with van der Waals surface area (Å²) in [5, 5.41) is 2.79. The number of ether oxygens (including phenoxy) is 1. The van der Waals surface area contributed by atoms with Crippen LogP contribution < -0.4 is 11.1 Å². The van der Waals surface area contributed by atoms with E-state index >= 15 is 0 Å². The highest BCUT2D eigenvalue weighted by atomic mass is 16.5. The molecule has 0 aliphatic rings. The summed E-state index contributed by atoms with van der Waals surface area (Å²) in [6.07, 6.45) is 1.53. The molecule has 1 heterocycles. The molecule has 1 amide bonds. The minimum absolute atomic E-state index is 0.217. The second kappa shape index (κ2) is 5.97. The number of hydrogen-bond acceptors (Lipinski definition) is 4. The van der Waals surface area contributed by atoms with Gasteiger partial charge < -0.3 is 15.8 Å². The molecule has 0 radical (unpaired) electrons. The van der Waals surface area contributed by atoms with E-state index in [1.807, 2.05) is 24.3 Å². The van der Waals surface area contributed by atoms with Crippen molar-refractivity contribution >= 4 is 17.3 Å². The third kappa shape index (κ3) is 3.08. The van der Waals surface area contributed by atoms with Crippen LogP contribution in [0.2, 0.25) is 0 Å². The number of methoxy groups -OCH3 is 1. The summed E-state index contributed by atoms with van der Waals surface area (Å²) < 4.78 is 5.09. The number of nitrogen functional groups attached to an aromatic ring is 1. The summed E-state index contributed by atoms with van der Waals surface area (Å²) in [4.78, 5) is 16.1. The highest BCUT2D eigenvalue weighted by molar-refractivity contribution is 6.06. The molecule has 0 aliphatic heterocycles. The van der Waals surface area contributed by atoms with Crippen molar-refractivity contribution in [3.05, 3.63) is 53.9 Å². The van der Waals surface area contributed by atoms with Crippen LogP contribution in [0.5, 0.6) is 0 Å². The average Bonchev–Trinajstić information content (AvgIpc) is 2.41. The van der Waals surface area contributed by atoms with Gasteiger partial charge in [0.15, 0.2) is 5.69 Å². The van der Waals surface area contributed by atoms with E-state index in [2.05, 4.69) is 10.3 Å². The molecule has 0 bridgehead atoms. The van der Waals surface area contributed by atoms with Crippen LogP contribution in [-0.2, 0) is 11.3 Å². The minimum Gasteiger partial charge on any atom is -0.397 e. The van der Waals surface area contributed by atoms with E-state index in [4.69, 9.17) is 10.5 Å². The quantitative estimate of drug-likeness (QED) is 0.879. The van der Waals surface area contributed by atoms with Crippen molar-refractivity contribution in [1.82, 2.24) is 4.98 Å². The highest BCUT2D eigenvalue weighted by Crippen LogP contribution is 2.17. The Labute approximate surface area is 111 Å². The van der Waals surface area contributed by atoms with Crippen molar-refractivity contribution in [1.29, 1.82) is 0 Å². The number of carbonyl (C=O) groups excluding carboxylic acids is 1. The summed E-state index contributed by atoms with van der Waals surface area (Å²) in [6.45, 7) is 0.425. The average molecular weight is 257 g/mol. The van der Waals surface area contributed by atoms with E-state index in [1.54, 1.807) is 19.2 Å². The van der Waals surface area contributed by atoms with Crippen molar-refractivity contribution in [3.63, 3.8) is 0 Å². The van der Waals surface area contributed by atoms with Crippen molar-refractivity contribution in [2.75, 3.05) is 18.2 Å². The second-order valence-electron chi connectivity index (χ2n) is 3.99. The van der Waals surface area contributed by atoms with E-state index in [9.17, 15) is 4.79 Å². The number of nitrogens with zero attached hydrogens (tertiary/aromatic N) is 1. The molecule has 5 nitrogen and oxygen atoms in total. The van der Waals surface area contributed by atoms with Crippen LogP contribution in [0.4, 0.5) is 11.4 Å². The molecule has 0 spiro atoms. The molecule has 0 unspecified atom stereocenters. The third-order valence-electron chi connectivity index (χ3n) is 2.62. The van der Waals surface area contributed by atoms with Gasteiger partial charge in [0.1, 0.15) is 0 Å². The maximum atomic E-state index is 12.1. The maximum absolute atomic E-state index is 12.1. The van der Waals surface area contributed by atoms with Crippen LogP contribution in [0.25, 0.3) is 0 Å². The third-order valence-corrected chi connectivity index (χ3v) is 2.62. The molecule has 0 fully saturated rings. The smallest absolute Gasteiger partial charge is 0.276 e. The van der Waals surface area contributed by atoms with Gasteiger partial charge in [-0.15, -0.1) is 0 Å². The van der Waals surface area contributed by atoms with Gasteiger partial charge in [-0.3, -0.25) is 4.79 Å². The van der Waals surface area contributed by atoms with Gasteiger partial charge in [-0.05, 0) is 18.2 Å². The number of nitrogens with two attached hydrogens (primary N) is 1. The number of para-hydroxylation sites is 1. The van der Waals surface area contributed by atoms with Crippen LogP contribution in [0.15, 0.2) is 42.6 Å². The first-order valence-electron chi connectivity index (χ1n) is 5.81. The minimum atomic E-state index is -0.332. The predicted molar refractivity (Wildman–Crippen MR) is 73.8 cm³/mol. The molecule has 2 rings (SSSR count). The van der Waals surface area contributed by atoms with Crippen LogP contribution >= 0.6 is 0 Å². The monoisotopic (exact) mass is 257 g/mol. The lowest BCUT2D eigenvalue weighted by Gasteiger charge is -2.10. The highest BCUT2D eigenvalue weighted by Gasteiger charge is 2.12. The number of rotatable bonds is 4. The molecule has 3 N–H and O–H groups in total. The van der Waals surface area contributed by atoms with Crippen LogP contribution in [-0.4, -0.2) is 18.0 Å². The lowest BCUT2D eigenvalue weighted by Crippen LogP contribution is -2.16. The molecule has 2 aromatic rings. The number of carbonyl (C=O) groups is 1. The summed E-state index contributed by atoms with van der Waals surface area (Å²) in [6, 6.07) is 10.8. The SMILES string of the molecule is COCc1ccccc1NC(=O)c1ncccc1N. The van der Waals surface area contributed by atoms with E-state index in [0.29, 0.717) is 18.0 Å². The molecule has 0 atom stereocenters. The Bertz CT molecular complexity index is 584. The summed E-state index contributed by atoms with van der Waals surface area (Å²) in [5.41, 5.74) is 7.88. The van der Waals surface area contributed by atoms with Gasteiger partial charge in [0, 0.05) is 24.6 Å². The fraction of sp³-hybridized carbons (Fsp3) is 0.143. The zero-order valence-electron chi connectivity index (χ0n) is 10.6. The van der Waals surface area contributed by atoms with Gasteiger partial charge in [-0.2, -0.15) is 0 Å². The Morgan fingerprint density at radius 3 is 2.84 bits per heavy atom. The second-order valence-corrected chi connectivity index (χ2v) is 3.99. The molecule has 0 saturated carbocycles. The summed E-state index contributed by atoms with van der Waals surface area (Å²) >= 11 is 0. The van der Waals surface area contributed by atoms with Crippen molar-refractivity contribution in [2.45, 2.75) is 6.61 Å². The molecule has 5 heteroatoms. The zero-order valence-corrected chi connectivity index (χ0v) is 10.6. The number of hydrogen-bond donors (Lipinski definition) is 2. The molecule has 0 saturated heterocycles. The van der Waals surface area contributed by atoms with E-state index in [-0.39, 0.29) is 11.6 Å². The number of anilines is 2. The molecule has 98 valence electrons.